The van der Waals surface area contributed by atoms with E-state index >= 15 is 0 Å². The lowest BCUT2D eigenvalue weighted by Crippen LogP contribution is -2.48. The number of carbonyl (C=O) groups is 1. The largest absolute Gasteiger partial charge is 0.504 e. The Bertz CT molecular complexity index is 916. The fourth-order valence-corrected chi connectivity index (χ4v) is 4.48. The summed E-state index contributed by atoms with van der Waals surface area (Å²) in [5, 5.41) is 10.2. The second kappa shape index (κ2) is 5.20. The molecule has 4 rings (SSSR count). The number of hydrogen-bond donors (Lipinski definition) is 1. The van der Waals surface area contributed by atoms with Gasteiger partial charge in [0.1, 0.15) is 0 Å². The molecule has 1 aromatic rings. The average molecular weight is 341 g/mol. The van der Waals surface area contributed by atoms with Gasteiger partial charge < -0.3 is 14.6 Å². The van der Waals surface area contributed by atoms with Crippen molar-refractivity contribution in [1.82, 2.24) is 4.90 Å². The Morgan fingerprint density at radius 1 is 1.24 bits per heavy atom. The number of methoxy groups -OCH3 is 2. The summed E-state index contributed by atoms with van der Waals surface area (Å²) in [6, 6.07) is 5.06. The quantitative estimate of drug-likeness (QED) is 0.886. The van der Waals surface area contributed by atoms with Crippen molar-refractivity contribution in [3.8, 4) is 5.75 Å². The van der Waals surface area contributed by atoms with Crippen LogP contribution in [0.4, 0.5) is 0 Å². The van der Waals surface area contributed by atoms with Gasteiger partial charge in [0.2, 0.25) is 5.43 Å². The van der Waals surface area contributed by atoms with Crippen LogP contribution in [0.15, 0.2) is 40.6 Å². The van der Waals surface area contributed by atoms with E-state index < -0.39 is 11.3 Å². The molecule has 130 valence electrons. The number of Topliss-reactive ketones (excluding diaryl/α,β-unsaturated/α-hetero) is 1. The average Bonchev–Trinajstić information content (AvgIpc) is 2.73. The van der Waals surface area contributed by atoms with Crippen LogP contribution >= 0.6 is 0 Å². The highest BCUT2D eigenvalue weighted by Gasteiger charge is 2.55. The zero-order valence-electron chi connectivity index (χ0n) is 14.3. The van der Waals surface area contributed by atoms with Crippen LogP contribution < -0.4 is 10.2 Å². The first kappa shape index (κ1) is 15.9. The maximum atomic E-state index is 12.5. The monoisotopic (exact) mass is 341 g/mol. The summed E-state index contributed by atoms with van der Waals surface area (Å²) in [5.74, 6) is -0.444. The first-order valence-electron chi connectivity index (χ1n) is 8.15. The van der Waals surface area contributed by atoms with E-state index in [0.29, 0.717) is 5.57 Å². The summed E-state index contributed by atoms with van der Waals surface area (Å²) >= 11 is 0. The standard InChI is InChI=1S/C19H19NO5/c1-20-12-6-7-19(20)9-14(22)17(23)18(25-3)16(19)10-4-5-15(24-2)13(21)8-11(10)12/h4-5,8-9,12,22H,6-7H2,1-3H3/t12-,19-/m0/s1. The topological polar surface area (TPSA) is 76.1 Å². The molecule has 1 aromatic carbocycles. The van der Waals surface area contributed by atoms with Crippen molar-refractivity contribution in [2.75, 3.05) is 21.3 Å². The molecule has 1 N–H and O–H groups in total. The lowest BCUT2D eigenvalue weighted by atomic mass is 9.75. The number of rotatable bonds is 2. The molecule has 1 aliphatic carbocycles. The lowest BCUT2D eigenvalue weighted by Gasteiger charge is -2.45. The molecule has 2 atom stereocenters. The molecule has 0 amide bonds. The number of ether oxygens (including phenoxy) is 2. The second-order valence-corrected chi connectivity index (χ2v) is 6.64. The minimum absolute atomic E-state index is 0.0268. The van der Waals surface area contributed by atoms with Crippen LogP contribution in [0.5, 0.6) is 5.75 Å². The van der Waals surface area contributed by atoms with Crippen LogP contribution in [0.1, 0.15) is 30.0 Å². The molecule has 6 heteroatoms. The smallest absolute Gasteiger partial charge is 0.261 e. The Morgan fingerprint density at radius 3 is 2.68 bits per heavy atom. The van der Waals surface area contributed by atoms with E-state index in [4.69, 9.17) is 9.47 Å². The Hall–Kier alpha value is -2.60. The molecule has 2 heterocycles. The molecular weight excluding hydrogens is 322 g/mol. The van der Waals surface area contributed by atoms with Crippen molar-refractivity contribution >= 4 is 11.4 Å². The van der Waals surface area contributed by atoms with Crippen LogP contribution in [0.25, 0.3) is 5.57 Å². The summed E-state index contributed by atoms with van der Waals surface area (Å²) in [6.07, 6.45) is 3.17. The zero-order valence-corrected chi connectivity index (χ0v) is 14.3. The third kappa shape index (κ3) is 1.88. The SMILES string of the molecule is COC1=C2c3ccc(OC)c(=O)cc3[C@@H]3CC[C@@]2(C=C(O)C1=O)N3C. The van der Waals surface area contributed by atoms with Gasteiger partial charge in [0, 0.05) is 11.6 Å². The van der Waals surface area contributed by atoms with Gasteiger partial charge in [-0.1, -0.05) is 6.07 Å². The van der Waals surface area contributed by atoms with E-state index in [1.54, 1.807) is 18.2 Å². The van der Waals surface area contributed by atoms with E-state index in [1.807, 2.05) is 13.1 Å². The number of likely N-dealkylation sites (N-methyl/N-ethyl adjacent to an activating group) is 1. The van der Waals surface area contributed by atoms with E-state index in [1.165, 1.54) is 14.2 Å². The molecule has 25 heavy (non-hydrogen) atoms. The normalized spacial score (nSPS) is 27.6. The molecule has 1 spiro atoms. The maximum Gasteiger partial charge on any atom is 0.261 e. The third-order valence-corrected chi connectivity index (χ3v) is 5.66. The molecule has 6 nitrogen and oxygen atoms in total. The molecule has 0 aromatic heterocycles. The number of aliphatic hydroxyl groups excluding tert-OH is 1. The van der Waals surface area contributed by atoms with Gasteiger partial charge in [-0.25, -0.2) is 0 Å². The van der Waals surface area contributed by atoms with E-state index in [2.05, 4.69) is 4.90 Å². The molecule has 2 bridgehead atoms. The minimum Gasteiger partial charge on any atom is -0.504 e. The van der Waals surface area contributed by atoms with Crippen LogP contribution in [-0.2, 0) is 9.53 Å². The molecule has 0 radical (unpaired) electrons. The van der Waals surface area contributed by atoms with Gasteiger partial charge >= 0.3 is 0 Å². The molecule has 2 aliphatic heterocycles. The number of hydrogen-bond acceptors (Lipinski definition) is 6. The Morgan fingerprint density at radius 2 is 2.00 bits per heavy atom. The highest BCUT2D eigenvalue weighted by atomic mass is 16.5. The fourth-order valence-electron chi connectivity index (χ4n) is 4.48. The summed E-state index contributed by atoms with van der Waals surface area (Å²) in [5.41, 5.74) is 1.57. The molecule has 1 saturated heterocycles. The van der Waals surface area contributed by atoms with E-state index in [0.717, 1.165) is 24.0 Å². The lowest BCUT2D eigenvalue weighted by molar-refractivity contribution is -0.117. The maximum absolute atomic E-state index is 12.5. The molecular formula is C19H19NO5. The van der Waals surface area contributed by atoms with Crippen molar-refractivity contribution in [3.63, 3.8) is 0 Å². The second-order valence-electron chi connectivity index (χ2n) is 6.64. The highest BCUT2D eigenvalue weighted by molar-refractivity contribution is 6.14. The first-order chi connectivity index (χ1) is 11.9. The number of nitrogens with zero attached hydrogens (tertiary/aromatic N) is 1. The Kier molecular flexibility index (Phi) is 3.30. The van der Waals surface area contributed by atoms with Crippen LogP contribution in [0.3, 0.4) is 0 Å². The Balaban J connectivity index is 2.12. The van der Waals surface area contributed by atoms with Gasteiger partial charge in [-0.15, -0.1) is 0 Å². The molecule has 1 fully saturated rings. The van der Waals surface area contributed by atoms with Crippen LogP contribution in [0, 0.1) is 0 Å². The van der Waals surface area contributed by atoms with Crippen molar-refractivity contribution in [2.24, 2.45) is 0 Å². The fraction of sp³-hybridized carbons (Fsp3) is 0.368. The summed E-state index contributed by atoms with van der Waals surface area (Å²) in [7, 11) is 4.83. The predicted molar refractivity (Wildman–Crippen MR) is 91.4 cm³/mol. The number of carbonyl (C=O) groups excluding carboxylic acids is 1. The van der Waals surface area contributed by atoms with E-state index in [-0.39, 0.29) is 28.7 Å². The van der Waals surface area contributed by atoms with Gasteiger partial charge in [-0.3, -0.25) is 14.5 Å². The number of fused-ring (bicyclic) bond motifs is 4. The predicted octanol–water partition coefficient (Wildman–Crippen LogP) is 1.96. The third-order valence-electron chi connectivity index (χ3n) is 5.66. The first-order valence-corrected chi connectivity index (χ1v) is 8.15. The zero-order chi connectivity index (χ0) is 17.9. The van der Waals surface area contributed by atoms with Gasteiger partial charge in [-0.05, 0) is 49.2 Å². The van der Waals surface area contributed by atoms with E-state index in [9.17, 15) is 14.7 Å². The van der Waals surface area contributed by atoms with Gasteiger partial charge in [0.25, 0.3) is 5.78 Å². The van der Waals surface area contributed by atoms with Crippen molar-refractivity contribution in [3.05, 3.63) is 57.1 Å². The summed E-state index contributed by atoms with van der Waals surface area (Å²) in [6.45, 7) is 0. The van der Waals surface area contributed by atoms with Gasteiger partial charge in [0.15, 0.2) is 17.3 Å². The van der Waals surface area contributed by atoms with Crippen LogP contribution in [0.2, 0.25) is 0 Å². The number of ketones is 1. The Labute approximate surface area is 145 Å². The molecule has 0 saturated carbocycles. The summed E-state index contributed by atoms with van der Waals surface area (Å²) < 4.78 is 10.6. The van der Waals surface area contributed by atoms with Gasteiger partial charge in [-0.2, -0.15) is 0 Å². The highest BCUT2D eigenvalue weighted by Crippen LogP contribution is 2.57. The van der Waals surface area contributed by atoms with Crippen molar-refractivity contribution < 1.29 is 19.4 Å². The molecule has 0 unspecified atom stereocenters. The molecule has 3 aliphatic rings. The minimum atomic E-state index is -0.606. The van der Waals surface area contributed by atoms with Crippen molar-refractivity contribution in [2.45, 2.75) is 24.4 Å². The van der Waals surface area contributed by atoms with Gasteiger partial charge in [0.05, 0.1) is 19.8 Å². The summed E-state index contributed by atoms with van der Waals surface area (Å²) in [4.78, 5) is 27.0. The van der Waals surface area contributed by atoms with Crippen molar-refractivity contribution in [1.29, 1.82) is 0 Å². The number of aliphatic hydroxyl groups is 1. The van der Waals surface area contributed by atoms with Crippen LogP contribution in [-0.4, -0.2) is 42.6 Å².